The highest BCUT2D eigenvalue weighted by molar-refractivity contribution is 5.76. The van der Waals surface area contributed by atoms with Gasteiger partial charge in [-0.3, -0.25) is 4.79 Å². The van der Waals surface area contributed by atoms with Gasteiger partial charge in [0.05, 0.1) is 0 Å². The molecule has 1 aliphatic carbocycles. The molecule has 0 spiro atoms. The van der Waals surface area contributed by atoms with Crippen LogP contribution < -0.4 is 5.32 Å². The maximum atomic E-state index is 11.8. The van der Waals surface area contributed by atoms with Gasteiger partial charge in [0.15, 0.2) is 0 Å². The van der Waals surface area contributed by atoms with Gasteiger partial charge in [-0.1, -0.05) is 32.1 Å². The number of amides is 1. The minimum atomic E-state index is 0.283. The van der Waals surface area contributed by atoms with Crippen molar-refractivity contribution in [3.05, 3.63) is 0 Å². The number of nitrogens with zero attached hydrogens (tertiary/aromatic N) is 1. The quantitative estimate of drug-likeness (QED) is 0.676. The van der Waals surface area contributed by atoms with Crippen molar-refractivity contribution in [3.63, 3.8) is 0 Å². The molecule has 1 amide bonds. The van der Waals surface area contributed by atoms with Gasteiger partial charge in [-0.05, 0) is 32.7 Å². The summed E-state index contributed by atoms with van der Waals surface area (Å²) in [7, 11) is 0. The fourth-order valence-electron chi connectivity index (χ4n) is 2.84. The number of carbonyl (C=O) groups is 1. The molecule has 18 heavy (non-hydrogen) atoms. The molecule has 0 unspecified atom stereocenters. The first-order chi connectivity index (χ1) is 8.77. The monoisotopic (exact) mass is 254 g/mol. The van der Waals surface area contributed by atoms with Crippen LogP contribution in [0.25, 0.3) is 0 Å². The lowest BCUT2D eigenvalue weighted by atomic mass is 9.87. The zero-order chi connectivity index (χ0) is 13.2. The van der Waals surface area contributed by atoms with Crippen LogP contribution >= 0.6 is 0 Å². The van der Waals surface area contributed by atoms with E-state index in [1.807, 2.05) is 18.7 Å². The second-order valence-electron chi connectivity index (χ2n) is 5.36. The molecule has 1 saturated carbocycles. The summed E-state index contributed by atoms with van der Waals surface area (Å²) in [6, 6.07) is 0. The molecular formula is C15H30N2O. The van der Waals surface area contributed by atoms with Crippen LogP contribution in [-0.4, -0.2) is 37.0 Å². The lowest BCUT2D eigenvalue weighted by Gasteiger charge is -2.22. The minimum absolute atomic E-state index is 0.283. The van der Waals surface area contributed by atoms with E-state index < -0.39 is 0 Å². The molecule has 0 aromatic carbocycles. The Bertz CT molecular complexity index is 221. The first-order valence-corrected chi connectivity index (χ1v) is 7.76. The van der Waals surface area contributed by atoms with E-state index in [4.69, 9.17) is 0 Å². The van der Waals surface area contributed by atoms with Crippen molar-refractivity contribution in [3.8, 4) is 0 Å². The van der Waals surface area contributed by atoms with Crippen molar-refractivity contribution in [1.29, 1.82) is 0 Å². The second-order valence-corrected chi connectivity index (χ2v) is 5.36. The van der Waals surface area contributed by atoms with E-state index in [-0.39, 0.29) is 5.91 Å². The predicted molar refractivity (Wildman–Crippen MR) is 76.6 cm³/mol. The van der Waals surface area contributed by atoms with Gasteiger partial charge in [0.1, 0.15) is 0 Å². The third kappa shape index (κ3) is 5.85. The van der Waals surface area contributed by atoms with E-state index >= 15 is 0 Å². The van der Waals surface area contributed by atoms with E-state index in [0.717, 1.165) is 32.1 Å². The lowest BCUT2D eigenvalue weighted by Crippen LogP contribution is -2.33. The molecule has 3 heteroatoms. The maximum Gasteiger partial charge on any atom is 0.223 e. The van der Waals surface area contributed by atoms with Crippen molar-refractivity contribution < 1.29 is 4.79 Å². The Labute approximate surface area is 112 Å². The molecular weight excluding hydrogens is 224 g/mol. The summed E-state index contributed by atoms with van der Waals surface area (Å²) in [6.07, 6.45) is 9.05. The summed E-state index contributed by atoms with van der Waals surface area (Å²) < 4.78 is 0. The summed E-state index contributed by atoms with van der Waals surface area (Å²) in [5.74, 6) is 1.22. The van der Waals surface area contributed by atoms with Crippen LogP contribution in [0.2, 0.25) is 0 Å². The molecule has 0 radical (unpaired) electrons. The Balaban J connectivity index is 1.99. The molecule has 1 N–H and O–H groups in total. The van der Waals surface area contributed by atoms with Crippen LogP contribution in [0.1, 0.15) is 58.8 Å². The molecule has 0 bridgehead atoms. The summed E-state index contributed by atoms with van der Waals surface area (Å²) >= 11 is 0. The maximum absolute atomic E-state index is 11.8. The SMILES string of the molecule is CCN(CC)C(=O)CCNCCC1CCCCC1. The van der Waals surface area contributed by atoms with Crippen molar-refractivity contribution >= 4 is 5.91 Å². The van der Waals surface area contributed by atoms with Crippen LogP contribution in [0.4, 0.5) is 0 Å². The zero-order valence-electron chi connectivity index (χ0n) is 12.2. The first kappa shape index (κ1) is 15.5. The number of hydrogen-bond acceptors (Lipinski definition) is 2. The van der Waals surface area contributed by atoms with Crippen LogP contribution in [0.15, 0.2) is 0 Å². The van der Waals surface area contributed by atoms with Gasteiger partial charge in [0, 0.05) is 26.1 Å². The van der Waals surface area contributed by atoms with Gasteiger partial charge in [-0.2, -0.15) is 0 Å². The lowest BCUT2D eigenvalue weighted by molar-refractivity contribution is -0.130. The molecule has 0 heterocycles. The largest absolute Gasteiger partial charge is 0.343 e. The second kappa shape index (κ2) is 9.37. The average molecular weight is 254 g/mol. The van der Waals surface area contributed by atoms with Gasteiger partial charge in [0.25, 0.3) is 0 Å². The van der Waals surface area contributed by atoms with Gasteiger partial charge in [-0.25, -0.2) is 0 Å². The van der Waals surface area contributed by atoms with Crippen molar-refractivity contribution in [2.75, 3.05) is 26.2 Å². The molecule has 106 valence electrons. The number of hydrogen-bond donors (Lipinski definition) is 1. The van der Waals surface area contributed by atoms with Crippen LogP contribution in [-0.2, 0) is 4.79 Å². The van der Waals surface area contributed by atoms with Crippen LogP contribution in [0, 0.1) is 5.92 Å². The Morgan fingerprint density at radius 3 is 2.39 bits per heavy atom. The fraction of sp³-hybridized carbons (Fsp3) is 0.933. The summed E-state index contributed by atoms with van der Waals surface area (Å²) in [5, 5.41) is 3.42. The summed E-state index contributed by atoms with van der Waals surface area (Å²) in [4.78, 5) is 13.7. The fourth-order valence-corrected chi connectivity index (χ4v) is 2.84. The van der Waals surface area contributed by atoms with Gasteiger partial charge in [0.2, 0.25) is 5.91 Å². The Kier molecular flexibility index (Phi) is 8.06. The number of nitrogens with one attached hydrogen (secondary N) is 1. The van der Waals surface area contributed by atoms with E-state index in [0.29, 0.717) is 6.42 Å². The molecule has 0 aromatic rings. The van der Waals surface area contributed by atoms with E-state index in [9.17, 15) is 4.79 Å². The van der Waals surface area contributed by atoms with Crippen LogP contribution in [0.3, 0.4) is 0 Å². The topological polar surface area (TPSA) is 32.3 Å². The highest BCUT2D eigenvalue weighted by atomic mass is 16.2. The van der Waals surface area contributed by atoms with Crippen LogP contribution in [0.5, 0.6) is 0 Å². The normalized spacial score (nSPS) is 16.8. The van der Waals surface area contributed by atoms with Gasteiger partial charge >= 0.3 is 0 Å². The molecule has 3 nitrogen and oxygen atoms in total. The Morgan fingerprint density at radius 1 is 1.11 bits per heavy atom. The van der Waals surface area contributed by atoms with E-state index in [1.54, 1.807) is 0 Å². The standard InChI is InChI=1S/C15H30N2O/c1-3-17(4-2)15(18)11-13-16-12-10-14-8-6-5-7-9-14/h14,16H,3-13H2,1-2H3. The average Bonchev–Trinajstić information content (AvgIpc) is 2.41. The van der Waals surface area contributed by atoms with Crippen molar-refractivity contribution in [2.45, 2.75) is 58.8 Å². The zero-order valence-corrected chi connectivity index (χ0v) is 12.2. The Morgan fingerprint density at radius 2 is 1.78 bits per heavy atom. The molecule has 1 aliphatic rings. The highest BCUT2D eigenvalue weighted by Gasteiger charge is 2.13. The van der Waals surface area contributed by atoms with Crippen molar-refractivity contribution in [1.82, 2.24) is 10.2 Å². The molecule has 0 aliphatic heterocycles. The highest BCUT2D eigenvalue weighted by Crippen LogP contribution is 2.25. The molecule has 0 aromatic heterocycles. The summed E-state index contributed by atoms with van der Waals surface area (Å²) in [5.41, 5.74) is 0. The molecule has 1 fully saturated rings. The molecule has 0 atom stereocenters. The smallest absolute Gasteiger partial charge is 0.223 e. The number of carbonyl (C=O) groups excluding carboxylic acids is 1. The third-order valence-electron chi connectivity index (χ3n) is 4.09. The van der Waals surface area contributed by atoms with E-state index in [2.05, 4.69) is 5.32 Å². The molecule has 1 rings (SSSR count). The van der Waals surface area contributed by atoms with Gasteiger partial charge < -0.3 is 10.2 Å². The van der Waals surface area contributed by atoms with Gasteiger partial charge in [-0.15, -0.1) is 0 Å². The first-order valence-electron chi connectivity index (χ1n) is 7.76. The minimum Gasteiger partial charge on any atom is -0.343 e. The van der Waals surface area contributed by atoms with E-state index in [1.165, 1.54) is 38.5 Å². The molecule has 0 saturated heterocycles. The summed E-state index contributed by atoms with van der Waals surface area (Å²) in [6.45, 7) is 7.66. The Hall–Kier alpha value is -0.570. The van der Waals surface area contributed by atoms with Crippen molar-refractivity contribution in [2.24, 2.45) is 5.92 Å². The predicted octanol–water partition coefficient (Wildman–Crippen LogP) is 2.80. The number of rotatable bonds is 8. The third-order valence-corrected chi connectivity index (χ3v) is 4.09.